The van der Waals surface area contributed by atoms with E-state index >= 15 is 0 Å². The van der Waals surface area contributed by atoms with Gasteiger partial charge in [-0.15, -0.1) is 0 Å². The molecule has 1 amide bonds. The van der Waals surface area contributed by atoms with Crippen LogP contribution in [0.1, 0.15) is 69.7 Å². The van der Waals surface area contributed by atoms with Crippen LogP contribution in [0.5, 0.6) is 5.75 Å². The zero-order valence-electron chi connectivity index (χ0n) is 20.6. The van der Waals surface area contributed by atoms with Crippen molar-refractivity contribution in [2.45, 2.75) is 70.8 Å². The SMILES string of the molecule is CC(C)c1noc(N2CCC(CCCOc3ccc(CC(N)C(=O)N4CCCC4)cc3)CC2)n1. The standard InChI is InChI=1S/C26H39N5O3/c1-19(2)24-28-26(34-29-24)31-15-11-20(12-16-31)6-5-17-33-22-9-7-21(8-10-22)18-23(27)25(32)30-13-3-4-14-30/h7-10,19-20,23H,3-6,11-18,27H2,1-2H3. The molecule has 1 aromatic heterocycles. The summed E-state index contributed by atoms with van der Waals surface area (Å²) in [5.74, 6) is 2.72. The molecule has 0 radical (unpaired) electrons. The second-order valence-corrected chi connectivity index (χ2v) is 10.00. The smallest absolute Gasteiger partial charge is 0.324 e. The maximum absolute atomic E-state index is 12.4. The minimum absolute atomic E-state index is 0.0704. The molecule has 2 aliphatic heterocycles. The first-order valence-electron chi connectivity index (χ1n) is 12.8. The van der Waals surface area contributed by atoms with Gasteiger partial charge in [-0.3, -0.25) is 4.79 Å². The predicted octanol–water partition coefficient (Wildman–Crippen LogP) is 3.76. The van der Waals surface area contributed by atoms with Crippen LogP contribution in [0, 0.1) is 5.92 Å². The third-order valence-electron chi connectivity index (χ3n) is 6.97. The van der Waals surface area contributed by atoms with Crippen molar-refractivity contribution in [2.24, 2.45) is 11.7 Å². The maximum Gasteiger partial charge on any atom is 0.324 e. The fourth-order valence-corrected chi connectivity index (χ4v) is 4.80. The minimum atomic E-state index is -0.464. The molecule has 2 aliphatic rings. The molecule has 1 unspecified atom stereocenters. The fraction of sp³-hybridized carbons (Fsp3) is 0.654. The number of carbonyl (C=O) groups is 1. The lowest BCUT2D eigenvalue weighted by molar-refractivity contribution is -0.131. The second-order valence-electron chi connectivity index (χ2n) is 10.00. The van der Waals surface area contributed by atoms with E-state index in [9.17, 15) is 4.79 Å². The van der Waals surface area contributed by atoms with Gasteiger partial charge >= 0.3 is 6.01 Å². The van der Waals surface area contributed by atoms with Crippen LogP contribution in [0.4, 0.5) is 6.01 Å². The van der Waals surface area contributed by atoms with Gasteiger partial charge in [0, 0.05) is 32.1 Å². The number of hydrogen-bond donors (Lipinski definition) is 1. The Bertz CT molecular complexity index is 899. The number of benzene rings is 1. The van der Waals surface area contributed by atoms with Crippen LogP contribution in [-0.2, 0) is 11.2 Å². The molecular weight excluding hydrogens is 430 g/mol. The van der Waals surface area contributed by atoms with Gasteiger partial charge < -0.3 is 24.8 Å². The summed E-state index contributed by atoms with van der Waals surface area (Å²) in [5, 5.41) is 4.08. The van der Waals surface area contributed by atoms with E-state index in [2.05, 4.69) is 28.9 Å². The van der Waals surface area contributed by atoms with Gasteiger partial charge in [-0.25, -0.2) is 0 Å². The largest absolute Gasteiger partial charge is 0.494 e. The summed E-state index contributed by atoms with van der Waals surface area (Å²) in [4.78, 5) is 21.0. The van der Waals surface area contributed by atoms with Crippen molar-refractivity contribution in [1.82, 2.24) is 15.0 Å². The number of nitrogens with zero attached hydrogens (tertiary/aromatic N) is 4. The number of carbonyl (C=O) groups excluding carboxylic acids is 1. The Hall–Kier alpha value is -2.61. The number of likely N-dealkylation sites (tertiary alicyclic amines) is 1. The van der Waals surface area contributed by atoms with Crippen molar-refractivity contribution in [3.05, 3.63) is 35.7 Å². The molecule has 0 bridgehead atoms. The molecule has 2 N–H and O–H groups in total. The van der Waals surface area contributed by atoms with Gasteiger partial charge in [-0.1, -0.05) is 31.1 Å². The lowest BCUT2D eigenvalue weighted by Gasteiger charge is -2.30. The van der Waals surface area contributed by atoms with Crippen LogP contribution in [0.3, 0.4) is 0 Å². The van der Waals surface area contributed by atoms with Crippen molar-refractivity contribution in [1.29, 1.82) is 0 Å². The van der Waals surface area contributed by atoms with Crippen molar-refractivity contribution >= 4 is 11.9 Å². The van der Waals surface area contributed by atoms with E-state index in [-0.39, 0.29) is 11.8 Å². The van der Waals surface area contributed by atoms with Gasteiger partial charge in [0.25, 0.3) is 0 Å². The van der Waals surface area contributed by atoms with E-state index in [4.69, 9.17) is 15.0 Å². The van der Waals surface area contributed by atoms with E-state index in [1.165, 1.54) is 6.42 Å². The van der Waals surface area contributed by atoms with E-state index < -0.39 is 6.04 Å². The van der Waals surface area contributed by atoms with Crippen molar-refractivity contribution in [2.75, 3.05) is 37.7 Å². The fourth-order valence-electron chi connectivity index (χ4n) is 4.80. The Morgan fingerprint density at radius 1 is 1.15 bits per heavy atom. The number of nitrogens with two attached hydrogens (primary N) is 1. The maximum atomic E-state index is 12.4. The number of hydrogen-bond acceptors (Lipinski definition) is 7. The van der Waals surface area contributed by atoms with Crippen molar-refractivity contribution in [3.8, 4) is 5.75 Å². The molecule has 8 heteroatoms. The first kappa shape index (κ1) is 24.5. The van der Waals surface area contributed by atoms with Gasteiger partial charge in [0.1, 0.15) is 5.75 Å². The molecule has 0 spiro atoms. The summed E-state index contributed by atoms with van der Waals surface area (Å²) in [6, 6.07) is 8.20. The topological polar surface area (TPSA) is 97.7 Å². The third kappa shape index (κ3) is 6.50. The van der Waals surface area contributed by atoms with Crippen LogP contribution in [0.25, 0.3) is 0 Å². The molecule has 2 aromatic rings. The van der Waals surface area contributed by atoms with Crippen LogP contribution in [-0.4, -0.2) is 59.8 Å². The third-order valence-corrected chi connectivity index (χ3v) is 6.97. The first-order chi connectivity index (χ1) is 16.5. The van der Waals surface area contributed by atoms with Gasteiger partial charge in [-0.2, -0.15) is 4.98 Å². The van der Waals surface area contributed by atoms with E-state index in [1.807, 2.05) is 29.2 Å². The average molecular weight is 470 g/mol. The van der Waals surface area contributed by atoms with Crippen LogP contribution in [0.2, 0.25) is 0 Å². The van der Waals surface area contributed by atoms with E-state index in [0.717, 1.165) is 75.4 Å². The number of amides is 1. The van der Waals surface area contributed by atoms with Gasteiger partial charge in [0.15, 0.2) is 5.82 Å². The van der Waals surface area contributed by atoms with Gasteiger partial charge in [-0.05, 0) is 68.6 Å². The number of rotatable bonds is 10. The Kier molecular flexibility index (Phi) is 8.43. The second kappa shape index (κ2) is 11.7. The molecule has 0 aliphatic carbocycles. The van der Waals surface area contributed by atoms with Crippen LogP contribution >= 0.6 is 0 Å². The lowest BCUT2D eigenvalue weighted by Crippen LogP contribution is -2.43. The monoisotopic (exact) mass is 469 g/mol. The number of ether oxygens (including phenoxy) is 1. The Labute approximate surface area is 202 Å². The van der Waals surface area contributed by atoms with Crippen molar-refractivity contribution < 1.29 is 14.1 Å². The van der Waals surface area contributed by atoms with E-state index in [1.54, 1.807) is 0 Å². The summed E-state index contributed by atoms with van der Waals surface area (Å²) >= 11 is 0. The highest BCUT2D eigenvalue weighted by Gasteiger charge is 2.24. The minimum Gasteiger partial charge on any atom is -0.494 e. The highest BCUT2D eigenvalue weighted by atomic mass is 16.5. The predicted molar refractivity (Wildman–Crippen MR) is 132 cm³/mol. The first-order valence-corrected chi connectivity index (χ1v) is 12.8. The van der Waals surface area contributed by atoms with E-state index in [0.29, 0.717) is 25.0 Å². The highest BCUT2D eigenvalue weighted by Crippen LogP contribution is 2.26. The molecule has 1 atom stereocenters. The molecule has 4 rings (SSSR count). The molecule has 3 heterocycles. The number of aromatic nitrogens is 2. The number of anilines is 1. The Morgan fingerprint density at radius 3 is 2.50 bits per heavy atom. The quantitative estimate of drug-likeness (QED) is 0.529. The van der Waals surface area contributed by atoms with Gasteiger partial charge in [0.2, 0.25) is 5.91 Å². The van der Waals surface area contributed by atoms with Crippen LogP contribution < -0.4 is 15.4 Å². The zero-order chi connectivity index (χ0) is 23.9. The molecule has 2 fully saturated rings. The molecule has 1 aromatic carbocycles. The summed E-state index contributed by atoms with van der Waals surface area (Å²) in [6.45, 7) is 8.49. The van der Waals surface area contributed by atoms with Gasteiger partial charge in [0.05, 0.1) is 12.6 Å². The molecule has 34 heavy (non-hydrogen) atoms. The summed E-state index contributed by atoms with van der Waals surface area (Å²) in [7, 11) is 0. The number of piperidine rings is 1. The molecular formula is C26H39N5O3. The van der Waals surface area contributed by atoms with Crippen molar-refractivity contribution in [3.63, 3.8) is 0 Å². The Balaban J connectivity index is 1.12. The molecule has 186 valence electrons. The molecule has 2 saturated heterocycles. The highest BCUT2D eigenvalue weighted by molar-refractivity contribution is 5.82. The lowest BCUT2D eigenvalue weighted by atomic mass is 9.92. The summed E-state index contributed by atoms with van der Waals surface area (Å²) < 4.78 is 11.4. The average Bonchev–Trinajstić information content (AvgIpc) is 3.56. The Morgan fingerprint density at radius 2 is 1.85 bits per heavy atom. The summed E-state index contributed by atoms with van der Waals surface area (Å²) in [5.41, 5.74) is 7.22. The molecule has 0 saturated carbocycles. The van der Waals surface area contributed by atoms with Crippen LogP contribution in [0.15, 0.2) is 28.8 Å². The molecule has 8 nitrogen and oxygen atoms in total. The summed E-state index contributed by atoms with van der Waals surface area (Å²) in [6.07, 6.45) is 7.23. The normalized spacial score (nSPS) is 18.0. The zero-order valence-corrected chi connectivity index (χ0v) is 20.6.